The predicted molar refractivity (Wildman–Crippen MR) is 130 cm³/mol. The van der Waals surface area contributed by atoms with Crippen LogP contribution in [-0.4, -0.2) is 38.4 Å². The van der Waals surface area contributed by atoms with E-state index < -0.39 is 23.9 Å². The minimum absolute atomic E-state index is 0.0641. The van der Waals surface area contributed by atoms with Crippen LogP contribution in [0.5, 0.6) is 0 Å². The zero-order valence-electron chi connectivity index (χ0n) is 18.2. The van der Waals surface area contributed by atoms with Crippen molar-refractivity contribution in [1.82, 2.24) is 4.57 Å². The summed E-state index contributed by atoms with van der Waals surface area (Å²) in [5.41, 5.74) is 0.812. The SMILES string of the molecule is CCOP(=O)(CN(c1ccc2c(ccn2C(C)=O)c1)S(=O)(=O)c1cc(Cl)cc(Cl)c1)OCC. The summed E-state index contributed by atoms with van der Waals surface area (Å²) in [5.74, 6) is -0.187. The summed E-state index contributed by atoms with van der Waals surface area (Å²) in [5, 5.41) is 0.885. The number of hydrogen-bond acceptors (Lipinski definition) is 6. The van der Waals surface area contributed by atoms with Gasteiger partial charge in [0.15, 0.2) is 0 Å². The highest BCUT2D eigenvalue weighted by molar-refractivity contribution is 7.93. The van der Waals surface area contributed by atoms with Crippen LogP contribution >= 0.6 is 30.8 Å². The zero-order chi connectivity index (χ0) is 24.4. The van der Waals surface area contributed by atoms with Crippen LogP contribution < -0.4 is 4.31 Å². The quantitative estimate of drug-likeness (QED) is 0.312. The minimum Gasteiger partial charge on any atom is -0.308 e. The average molecular weight is 533 g/mol. The van der Waals surface area contributed by atoms with Gasteiger partial charge in [-0.2, -0.15) is 0 Å². The van der Waals surface area contributed by atoms with Crippen LogP contribution in [-0.2, 0) is 23.6 Å². The third kappa shape index (κ3) is 5.62. The van der Waals surface area contributed by atoms with E-state index in [1.807, 2.05) is 0 Å². The molecule has 0 amide bonds. The zero-order valence-corrected chi connectivity index (χ0v) is 21.4. The topological polar surface area (TPSA) is 94.9 Å². The van der Waals surface area contributed by atoms with Gasteiger partial charge in [0.25, 0.3) is 10.0 Å². The average Bonchev–Trinajstić information content (AvgIpc) is 3.15. The van der Waals surface area contributed by atoms with E-state index in [0.717, 1.165) is 4.31 Å². The molecule has 0 bridgehead atoms. The van der Waals surface area contributed by atoms with Gasteiger partial charge < -0.3 is 9.05 Å². The Morgan fingerprint density at radius 3 is 2.18 bits per heavy atom. The van der Waals surface area contributed by atoms with Gasteiger partial charge in [-0.3, -0.25) is 18.2 Å². The number of hydrogen-bond donors (Lipinski definition) is 0. The first-order chi connectivity index (χ1) is 15.5. The Balaban J connectivity index is 2.19. The highest BCUT2D eigenvalue weighted by Gasteiger charge is 2.35. The third-order valence-electron chi connectivity index (χ3n) is 4.68. The normalized spacial score (nSPS) is 12.3. The van der Waals surface area contributed by atoms with Crippen LogP contribution in [0.1, 0.15) is 25.6 Å². The molecule has 0 aliphatic rings. The molecule has 0 radical (unpaired) electrons. The van der Waals surface area contributed by atoms with Crippen LogP contribution in [0, 0.1) is 0 Å². The summed E-state index contributed by atoms with van der Waals surface area (Å²) in [6, 6.07) is 10.3. The molecule has 178 valence electrons. The Labute approximate surface area is 202 Å². The maximum Gasteiger partial charge on any atom is 0.350 e. The van der Waals surface area contributed by atoms with E-state index in [1.54, 1.807) is 38.2 Å². The van der Waals surface area contributed by atoms with E-state index in [9.17, 15) is 17.8 Å². The van der Waals surface area contributed by atoms with Gasteiger partial charge in [-0.15, -0.1) is 0 Å². The number of nitrogens with zero attached hydrogens (tertiary/aromatic N) is 2. The van der Waals surface area contributed by atoms with E-state index in [-0.39, 0.29) is 39.7 Å². The molecule has 0 atom stereocenters. The van der Waals surface area contributed by atoms with Gasteiger partial charge in [0.2, 0.25) is 5.91 Å². The molecule has 3 rings (SSSR count). The molecule has 3 aromatic rings. The number of anilines is 1. The molecule has 0 fully saturated rings. The lowest BCUT2D eigenvalue weighted by Gasteiger charge is -2.28. The Morgan fingerprint density at radius 2 is 1.64 bits per heavy atom. The number of rotatable bonds is 9. The van der Waals surface area contributed by atoms with Gasteiger partial charge in [-0.25, -0.2) is 8.42 Å². The fourth-order valence-corrected chi connectivity index (χ4v) is 7.72. The number of halogens is 2. The van der Waals surface area contributed by atoms with Gasteiger partial charge in [0, 0.05) is 28.6 Å². The highest BCUT2D eigenvalue weighted by atomic mass is 35.5. The second-order valence-corrected chi connectivity index (χ2v) is 11.8. The van der Waals surface area contributed by atoms with Crippen molar-refractivity contribution in [2.45, 2.75) is 25.7 Å². The lowest BCUT2D eigenvalue weighted by atomic mass is 10.2. The molecular formula is C21H23Cl2N2O6PS. The summed E-state index contributed by atoms with van der Waals surface area (Å²) in [6.45, 7) is 4.83. The summed E-state index contributed by atoms with van der Waals surface area (Å²) < 4.78 is 53.8. The predicted octanol–water partition coefficient (Wildman–Crippen LogP) is 6.03. The minimum atomic E-state index is -4.29. The number of sulfonamides is 1. The molecule has 1 aromatic heterocycles. The van der Waals surface area contributed by atoms with Gasteiger partial charge in [0.1, 0.15) is 6.29 Å². The van der Waals surface area contributed by atoms with Crippen LogP contribution in [0.4, 0.5) is 5.69 Å². The van der Waals surface area contributed by atoms with E-state index in [2.05, 4.69) is 0 Å². The molecule has 12 heteroatoms. The number of carbonyl (C=O) groups excluding carboxylic acids is 1. The van der Waals surface area contributed by atoms with Crippen molar-refractivity contribution in [2.75, 3.05) is 23.8 Å². The summed E-state index contributed by atoms with van der Waals surface area (Å²) in [7, 11) is -8.12. The fraction of sp³-hybridized carbons (Fsp3) is 0.286. The molecule has 0 saturated heterocycles. The number of carbonyl (C=O) groups is 1. The van der Waals surface area contributed by atoms with Crippen molar-refractivity contribution in [3.8, 4) is 0 Å². The monoisotopic (exact) mass is 532 g/mol. The molecule has 0 saturated carbocycles. The lowest BCUT2D eigenvalue weighted by Crippen LogP contribution is -2.33. The molecular weight excluding hydrogens is 510 g/mol. The Morgan fingerprint density at radius 1 is 1.03 bits per heavy atom. The highest BCUT2D eigenvalue weighted by Crippen LogP contribution is 2.50. The van der Waals surface area contributed by atoms with Gasteiger partial charge in [-0.05, 0) is 56.3 Å². The van der Waals surface area contributed by atoms with Gasteiger partial charge in [-0.1, -0.05) is 23.2 Å². The van der Waals surface area contributed by atoms with Crippen LogP contribution in [0.15, 0.2) is 53.6 Å². The number of aromatic nitrogens is 1. The van der Waals surface area contributed by atoms with Gasteiger partial charge >= 0.3 is 7.60 Å². The van der Waals surface area contributed by atoms with Crippen molar-refractivity contribution in [3.05, 3.63) is 58.7 Å². The smallest absolute Gasteiger partial charge is 0.308 e. The summed E-state index contributed by atoms with van der Waals surface area (Å²) in [6.07, 6.45) is 1.03. The first-order valence-corrected chi connectivity index (χ1v) is 13.9. The van der Waals surface area contributed by atoms with Gasteiger partial charge in [0.05, 0.1) is 29.3 Å². The molecule has 2 aromatic carbocycles. The Hall–Kier alpha value is -1.87. The molecule has 1 heterocycles. The van der Waals surface area contributed by atoms with Crippen molar-refractivity contribution in [1.29, 1.82) is 0 Å². The van der Waals surface area contributed by atoms with E-state index in [1.165, 1.54) is 35.8 Å². The van der Waals surface area contributed by atoms with E-state index in [0.29, 0.717) is 10.9 Å². The molecule has 0 unspecified atom stereocenters. The van der Waals surface area contributed by atoms with Crippen molar-refractivity contribution in [2.24, 2.45) is 0 Å². The molecule has 0 aliphatic heterocycles. The molecule has 0 spiro atoms. The number of benzene rings is 2. The van der Waals surface area contributed by atoms with Crippen molar-refractivity contribution < 1.29 is 26.8 Å². The Bertz CT molecular complexity index is 1310. The summed E-state index contributed by atoms with van der Waals surface area (Å²) in [4.78, 5) is 11.7. The first kappa shape index (κ1) is 25.7. The van der Waals surface area contributed by atoms with Crippen molar-refractivity contribution >= 4 is 63.3 Å². The largest absolute Gasteiger partial charge is 0.350 e. The first-order valence-electron chi connectivity index (χ1n) is 9.99. The molecule has 0 aliphatic carbocycles. The number of fused-ring (bicyclic) bond motifs is 1. The molecule has 33 heavy (non-hydrogen) atoms. The van der Waals surface area contributed by atoms with E-state index >= 15 is 0 Å². The maximum absolute atomic E-state index is 13.7. The lowest BCUT2D eigenvalue weighted by molar-refractivity contribution is 0.0941. The summed E-state index contributed by atoms with van der Waals surface area (Å²) >= 11 is 12.1. The van der Waals surface area contributed by atoms with Crippen LogP contribution in [0.2, 0.25) is 10.0 Å². The Kier molecular flexibility index (Phi) is 7.94. The molecule has 0 N–H and O–H groups in total. The van der Waals surface area contributed by atoms with Crippen LogP contribution in [0.25, 0.3) is 10.9 Å². The van der Waals surface area contributed by atoms with E-state index in [4.69, 9.17) is 32.2 Å². The van der Waals surface area contributed by atoms with Crippen molar-refractivity contribution in [3.63, 3.8) is 0 Å². The van der Waals surface area contributed by atoms with Crippen LogP contribution in [0.3, 0.4) is 0 Å². The second-order valence-electron chi connectivity index (χ2n) is 6.99. The standard InChI is InChI=1S/C21H23Cl2N2O6PS/c1-4-30-32(27,31-5-2)14-25(33(28,29)20-12-17(22)11-18(23)13-20)19-6-7-21-16(10-19)8-9-24(21)15(3)26/h6-13H,4-5,14H2,1-3H3. The third-order valence-corrected chi connectivity index (χ3v) is 8.99. The molecule has 8 nitrogen and oxygen atoms in total. The maximum atomic E-state index is 13.7. The second kappa shape index (κ2) is 10.2. The fourth-order valence-electron chi connectivity index (χ4n) is 3.33.